The van der Waals surface area contributed by atoms with Gasteiger partial charge < -0.3 is 5.32 Å². The topological polar surface area (TPSA) is 37.8 Å². The van der Waals surface area contributed by atoms with Crippen LogP contribution < -0.4 is 5.32 Å². The van der Waals surface area contributed by atoms with Crippen molar-refractivity contribution in [2.24, 2.45) is 5.92 Å². The van der Waals surface area contributed by atoms with Crippen LogP contribution in [0.3, 0.4) is 0 Å². The molecule has 0 saturated heterocycles. The summed E-state index contributed by atoms with van der Waals surface area (Å²) in [7, 11) is 0. The average Bonchev–Trinajstić information content (AvgIpc) is 2.36. The van der Waals surface area contributed by atoms with E-state index in [0.717, 1.165) is 24.0 Å². The van der Waals surface area contributed by atoms with Gasteiger partial charge in [0.15, 0.2) is 5.82 Å². The number of rotatable bonds is 5. The molecular formula is C16H19F2N3. The zero-order valence-corrected chi connectivity index (χ0v) is 12.5. The van der Waals surface area contributed by atoms with Gasteiger partial charge in [0.2, 0.25) is 0 Å². The standard InChI is InChI=1S/C16H19F2N3/c1-10(2)8-19-9-15-4-11(3)20-16(21-15)12-5-13(17)7-14(18)6-12/h4-7,10,19H,8-9H2,1-3H3. The Hall–Kier alpha value is -1.88. The van der Waals surface area contributed by atoms with Crippen molar-refractivity contribution in [3.8, 4) is 11.4 Å². The molecule has 0 aliphatic carbocycles. The summed E-state index contributed by atoms with van der Waals surface area (Å²) in [5, 5.41) is 3.29. The van der Waals surface area contributed by atoms with Crippen LogP contribution in [0, 0.1) is 24.5 Å². The minimum atomic E-state index is -0.630. The van der Waals surface area contributed by atoms with Crippen LogP contribution >= 0.6 is 0 Å². The van der Waals surface area contributed by atoms with Gasteiger partial charge in [-0.05, 0) is 37.6 Å². The highest BCUT2D eigenvalue weighted by molar-refractivity contribution is 5.55. The molecule has 0 bridgehead atoms. The maximum Gasteiger partial charge on any atom is 0.159 e. The smallest absolute Gasteiger partial charge is 0.159 e. The molecule has 21 heavy (non-hydrogen) atoms. The molecule has 0 aliphatic heterocycles. The summed E-state index contributed by atoms with van der Waals surface area (Å²) in [4.78, 5) is 8.63. The Morgan fingerprint density at radius 1 is 1.05 bits per heavy atom. The lowest BCUT2D eigenvalue weighted by Crippen LogP contribution is -2.20. The number of benzene rings is 1. The number of halogens is 2. The first-order valence-electron chi connectivity index (χ1n) is 6.96. The molecule has 2 aromatic rings. The second-order valence-electron chi connectivity index (χ2n) is 5.51. The van der Waals surface area contributed by atoms with Crippen LogP contribution in [0.25, 0.3) is 11.4 Å². The van der Waals surface area contributed by atoms with E-state index in [4.69, 9.17) is 0 Å². The lowest BCUT2D eigenvalue weighted by atomic mass is 10.2. The van der Waals surface area contributed by atoms with Crippen molar-refractivity contribution in [2.75, 3.05) is 6.54 Å². The quantitative estimate of drug-likeness (QED) is 0.916. The Kier molecular flexibility index (Phi) is 4.96. The van der Waals surface area contributed by atoms with Gasteiger partial charge in [-0.2, -0.15) is 0 Å². The van der Waals surface area contributed by atoms with E-state index >= 15 is 0 Å². The fraction of sp³-hybridized carbons (Fsp3) is 0.375. The van der Waals surface area contributed by atoms with Crippen LogP contribution in [0.5, 0.6) is 0 Å². The number of aryl methyl sites for hydroxylation is 1. The van der Waals surface area contributed by atoms with E-state index in [0.29, 0.717) is 23.9 Å². The van der Waals surface area contributed by atoms with Crippen molar-refractivity contribution in [2.45, 2.75) is 27.3 Å². The molecule has 0 unspecified atom stereocenters. The molecule has 1 aromatic carbocycles. The second-order valence-corrected chi connectivity index (χ2v) is 5.51. The van der Waals surface area contributed by atoms with E-state index in [9.17, 15) is 8.78 Å². The fourth-order valence-corrected chi connectivity index (χ4v) is 2.03. The second kappa shape index (κ2) is 6.72. The Morgan fingerprint density at radius 3 is 2.33 bits per heavy atom. The number of hydrogen-bond donors (Lipinski definition) is 1. The van der Waals surface area contributed by atoms with Crippen molar-refractivity contribution in [3.63, 3.8) is 0 Å². The molecule has 1 aromatic heterocycles. The van der Waals surface area contributed by atoms with E-state index in [-0.39, 0.29) is 0 Å². The minimum Gasteiger partial charge on any atom is -0.311 e. The summed E-state index contributed by atoms with van der Waals surface area (Å²) in [5.74, 6) is -0.372. The van der Waals surface area contributed by atoms with Gasteiger partial charge in [-0.25, -0.2) is 18.7 Å². The van der Waals surface area contributed by atoms with Gasteiger partial charge in [-0.3, -0.25) is 0 Å². The monoisotopic (exact) mass is 291 g/mol. The first-order chi connectivity index (χ1) is 9.94. The molecule has 112 valence electrons. The van der Waals surface area contributed by atoms with Gasteiger partial charge in [0.25, 0.3) is 0 Å². The largest absolute Gasteiger partial charge is 0.311 e. The zero-order chi connectivity index (χ0) is 15.4. The van der Waals surface area contributed by atoms with Crippen LogP contribution in [0.2, 0.25) is 0 Å². The van der Waals surface area contributed by atoms with Crippen LogP contribution in [-0.2, 0) is 6.54 Å². The molecule has 0 fully saturated rings. The molecule has 0 spiro atoms. The third-order valence-electron chi connectivity index (χ3n) is 2.89. The third-order valence-corrected chi connectivity index (χ3v) is 2.89. The van der Waals surface area contributed by atoms with Crippen LogP contribution in [0.15, 0.2) is 24.3 Å². The van der Waals surface area contributed by atoms with Crippen molar-refractivity contribution in [1.82, 2.24) is 15.3 Å². The maximum atomic E-state index is 13.3. The predicted octanol–water partition coefficient (Wildman–Crippen LogP) is 3.48. The van der Waals surface area contributed by atoms with Crippen molar-refractivity contribution < 1.29 is 8.78 Å². The van der Waals surface area contributed by atoms with E-state index in [1.165, 1.54) is 12.1 Å². The van der Waals surface area contributed by atoms with Gasteiger partial charge >= 0.3 is 0 Å². The summed E-state index contributed by atoms with van der Waals surface area (Å²) < 4.78 is 26.6. The predicted molar refractivity (Wildman–Crippen MR) is 78.7 cm³/mol. The number of nitrogens with one attached hydrogen (secondary N) is 1. The zero-order valence-electron chi connectivity index (χ0n) is 12.5. The van der Waals surface area contributed by atoms with E-state index in [1.54, 1.807) is 0 Å². The van der Waals surface area contributed by atoms with E-state index < -0.39 is 11.6 Å². The molecule has 0 saturated carbocycles. The Bertz CT molecular complexity index is 607. The molecule has 3 nitrogen and oxygen atoms in total. The molecule has 0 radical (unpaired) electrons. The summed E-state index contributed by atoms with van der Waals surface area (Å²) in [5.41, 5.74) is 1.93. The summed E-state index contributed by atoms with van der Waals surface area (Å²) in [6, 6.07) is 5.18. The lowest BCUT2D eigenvalue weighted by Gasteiger charge is -2.09. The first-order valence-corrected chi connectivity index (χ1v) is 6.96. The average molecular weight is 291 g/mol. The maximum absolute atomic E-state index is 13.3. The molecule has 1 N–H and O–H groups in total. The summed E-state index contributed by atoms with van der Waals surface area (Å²) in [6.07, 6.45) is 0. The van der Waals surface area contributed by atoms with Crippen LogP contribution in [0.1, 0.15) is 25.2 Å². The van der Waals surface area contributed by atoms with Crippen molar-refractivity contribution >= 4 is 0 Å². The fourth-order valence-electron chi connectivity index (χ4n) is 2.03. The molecular weight excluding hydrogens is 272 g/mol. The van der Waals surface area contributed by atoms with Gasteiger partial charge in [-0.1, -0.05) is 13.8 Å². The number of hydrogen-bond acceptors (Lipinski definition) is 3. The highest BCUT2D eigenvalue weighted by Crippen LogP contribution is 2.19. The number of nitrogens with zero attached hydrogens (tertiary/aromatic N) is 2. The van der Waals surface area contributed by atoms with Crippen molar-refractivity contribution in [1.29, 1.82) is 0 Å². The van der Waals surface area contributed by atoms with Crippen LogP contribution in [-0.4, -0.2) is 16.5 Å². The van der Waals surface area contributed by atoms with Gasteiger partial charge in [0.05, 0.1) is 5.69 Å². The Labute approximate surface area is 123 Å². The van der Waals surface area contributed by atoms with Crippen LogP contribution in [0.4, 0.5) is 8.78 Å². The Balaban J connectivity index is 2.25. The minimum absolute atomic E-state index is 0.342. The highest BCUT2D eigenvalue weighted by atomic mass is 19.1. The molecule has 2 rings (SSSR count). The van der Waals surface area contributed by atoms with Gasteiger partial charge in [0.1, 0.15) is 11.6 Å². The normalized spacial score (nSPS) is 11.1. The summed E-state index contributed by atoms with van der Waals surface area (Å²) in [6.45, 7) is 7.57. The van der Waals surface area contributed by atoms with Crippen molar-refractivity contribution in [3.05, 3.63) is 47.3 Å². The summed E-state index contributed by atoms with van der Waals surface area (Å²) >= 11 is 0. The highest BCUT2D eigenvalue weighted by Gasteiger charge is 2.08. The van der Waals surface area contributed by atoms with Gasteiger partial charge in [0, 0.05) is 23.9 Å². The molecule has 0 atom stereocenters. The van der Waals surface area contributed by atoms with Gasteiger partial charge in [-0.15, -0.1) is 0 Å². The van der Waals surface area contributed by atoms with E-state index in [2.05, 4.69) is 29.1 Å². The lowest BCUT2D eigenvalue weighted by molar-refractivity contribution is 0.548. The molecule has 0 aliphatic rings. The molecule has 0 amide bonds. The third kappa shape index (κ3) is 4.56. The Morgan fingerprint density at radius 2 is 1.71 bits per heavy atom. The SMILES string of the molecule is Cc1cc(CNCC(C)C)nc(-c2cc(F)cc(F)c2)n1. The first kappa shape index (κ1) is 15.5. The molecule has 5 heteroatoms. The number of aromatic nitrogens is 2. The van der Waals surface area contributed by atoms with E-state index in [1.807, 2.05) is 13.0 Å². The molecule has 1 heterocycles.